The Balaban J connectivity index is 1.67. The van der Waals surface area contributed by atoms with Crippen molar-refractivity contribution in [1.82, 2.24) is 0 Å². The Labute approximate surface area is 215 Å². The van der Waals surface area contributed by atoms with Gasteiger partial charge in [0.15, 0.2) is 17.2 Å². The van der Waals surface area contributed by atoms with E-state index in [9.17, 15) is 14.4 Å². The minimum Gasteiger partial charge on any atom is -0.451 e. The summed E-state index contributed by atoms with van der Waals surface area (Å²) >= 11 is 0. The van der Waals surface area contributed by atoms with E-state index in [1.165, 1.54) is 34.9 Å². The van der Waals surface area contributed by atoms with E-state index in [1.807, 2.05) is 6.08 Å². The maximum absolute atomic E-state index is 13.2. The van der Waals surface area contributed by atoms with Gasteiger partial charge < -0.3 is 9.64 Å². The number of esters is 1. The molecule has 5 rings (SSSR count). The molecular weight excluding hydrogens is 450 g/mol. The molecule has 192 valence electrons. The number of benzene rings is 1. The normalized spacial score (nSPS) is 33.3. The van der Waals surface area contributed by atoms with Gasteiger partial charge in [-0.05, 0) is 99.1 Å². The van der Waals surface area contributed by atoms with Crippen LogP contribution < -0.4 is 4.90 Å². The lowest BCUT2D eigenvalue weighted by Crippen LogP contribution is -2.57. The van der Waals surface area contributed by atoms with Crippen LogP contribution in [0.3, 0.4) is 0 Å². The molecule has 1 aromatic carbocycles. The number of carbonyl (C=O) groups is 3. The second-order valence-corrected chi connectivity index (χ2v) is 11.6. The highest BCUT2D eigenvalue weighted by Crippen LogP contribution is 2.67. The van der Waals surface area contributed by atoms with Gasteiger partial charge in [-0.25, -0.2) is 0 Å². The molecule has 4 aliphatic carbocycles. The Morgan fingerprint density at radius 1 is 1.08 bits per heavy atom. The highest BCUT2D eigenvalue weighted by atomic mass is 16.6. The van der Waals surface area contributed by atoms with Crippen molar-refractivity contribution in [3.8, 4) is 0 Å². The van der Waals surface area contributed by atoms with Gasteiger partial charge in [0.2, 0.25) is 0 Å². The predicted octanol–water partition coefficient (Wildman–Crippen LogP) is 5.93. The first kappa shape index (κ1) is 25.0. The van der Waals surface area contributed by atoms with Crippen molar-refractivity contribution in [2.75, 3.05) is 18.5 Å². The van der Waals surface area contributed by atoms with Crippen LogP contribution in [0.4, 0.5) is 5.69 Å². The topological polar surface area (TPSA) is 63.7 Å². The second-order valence-electron chi connectivity index (χ2n) is 11.6. The standard InChI is InChI=1S/C31H39NO4/c1-6-32(5)23-10-7-21(8-11-23)27-18-30(4)28(15-16-31(30,19(2)33)36-20(3)34)26-13-9-22-17-24(35)12-14-25(22)29(26)27/h7-8,10-11,17,26-28H,6,9,12-16,18H2,1-5H3/t26?,27-,28+,30+,31+/m1/s1. The Hall–Kier alpha value is -2.69. The first-order chi connectivity index (χ1) is 17.1. The summed E-state index contributed by atoms with van der Waals surface area (Å²) in [7, 11) is 2.10. The first-order valence-corrected chi connectivity index (χ1v) is 13.6. The van der Waals surface area contributed by atoms with Crippen molar-refractivity contribution in [2.45, 2.75) is 84.2 Å². The summed E-state index contributed by atoms with van der Waals surface area (Å²) in [6, 6.07) is 8.86. The Bertz CT molecular complexity index is 1160. The number of Topliss-reactive ketones (excluding diaryl/α,β-unsaturated/α-hetero) is 1. The van der Waals surface area contributed by atoms with E-state index in [1.54, 1.807) is 6.92 Å². The molecule has 0 aliphatic heterocycles. The summed E-state index contributed by atoms with van der Waals surface area (Å²) in [5.74, 6) is 0.587. The molecule has 0 spiro atoms. The molecule has 0 aromatic heterocycles. The lowest BCUT2D eigenvalue weighted by atomic mass is 9.50. The van der Waals surface area contributed by atoms with Crippen LogP contribution >= 0.6 is 0 Å². The summed E-state index contributed by atoms with van der Waals surface area (Å²) in [5.41, 5.74) is 5.03. The predicted molar refractivity (Wildman–Crippen MR) is 141 cm³/mol. The molecule has 0 N–H and O–H groups in total. The van der Waals surface area contributed by atoms with Gasteiger partial charge in [-0.2, -0.15) is 0 Å². The number of carbonyl (C=O) groups excluding carboxylic acids is 3. The van der Waals surface area contributed by atoms with Crippen molar-refractivity contribution in [3.05, 3.63) is 52.6 Å². The molecular formula is C31H39NO4. The summed E-state index contributed by atoms with van der Waals surface area (Å²) in [6.07, 6.45) is 7.42. The van der Waals surface area contributed by atoms with Crippen LogP contribution in [0, 0.1) is 17.3 Å². The van der Waals surface area contributed by atoms with E-state index >= 15 is 0 Å². The number of allylic oxidation sites excluding steroid dienone is 4. The van der Waals surface area contributed by atoms with Crippen LogP contribution in [0.5, 0.6) is 0 Å². The Kier molecular flexibility index (Phi) is 6.25. The van der Waals surface area contributed by atoms with Gasteiger partial charge in [0, 0.05) is 44.0 Å². The highest BCUT2D eigenvalue weighted by Gasteiger charge is 2.67. The zero-order valence-electron chi connectivity index (χ0n) is 22.4. The van der Waals surface area contributed by atoms with Crippen molar-refractivity contribution in [3.63, 3.8) is 0 Å². The molecule has 5 nitrogen and oxygen atoms in total. The van der Waals surface area contributed by atoms with Gasteiger partial charge in [0.05, 0.1) is 0 Å². The number of hydrogen-bond acceptors (Lipinski definition) is 5. The van der Waals surface area contributed by atoms with Crippen LogP contribution in [0.25, 0.3) is 0 Å². The molecule has 0 heterocycles. The number of ether oxygens (including phenoxy) is 1. The van der Waals surface area contributed by atoms with E-state index in [0.717, 1.165) is 38.6 Å². The summed E-state index contributed by atoms with van der Waals surface area (Å²) in [5, 5.41) is 0. The zero-order valence-corrected chi connectivity index (χ0v) is 22.4. The largest absolute Gasteiger partial charge is 0.451 e. The Morgan fingerprint density at radius 3 is 2.44 bits per heavy atom. The van der Waals surface area contributed by atoms with Crippen LogP contribution in [-0.4, -0.2) is 36.7 Å². The average molecular weight is 490 g/mol. The third-order valence-corrected chi connectivity index (χ3v) is 9.95. The van der Waals surface area contributed by atoms with Gasteiger partial charge in [-0.3, -0.25) is 14.4 Å². The van der Waals surface area contributed by atoms with Crippen molar-refractivity contribution in [1.29, 1.82) is 0 Å². The van der Waals surface area contributed by atoms with Gasteiger partial charge in [0.1, 0.15) is 0 Å². The Morgan fingerprint density at radius 2 is 1.81 bits per heavy atom. The lowest BCUT2D eigenvalue weighted by molar-refractivity contribution is -0.182. The van der Waals surface area contributed by atoms with Gasteiger partial charge in [-0.1, -0.05) is 24.6 Å². The summed E-state index contributed by atoms with van der Waals surface area (Å²) in [6.45, 7) is 8.31. The summed E-state index contributed by atoms with van der Waals surface area (Å²) < 4.78 is 6.02. The molecule has 0 bridgehead atoms. The quantitative estimate of drug-likeness (QED) is 0.480. The molecule has 2 fully saturated rings. The van der Waals surface area contributed by atoms with Gasteiger partial charge in [-0.15, -0.1) is 0 Å². The van der Waals surface area contributed by atoms with Crippen molar-refractivity contribution < 1.29 is 19.1 Å². The second kappa shape index (κ2) is 9.00. The SMILES string of the molecule is CCN(C)c1ccc([C@H]2C[C@@]3(C)[C@@H](CC[C@]3(OC(C)=O)C(C)=O)C3CCC4=CC(=O)CCC4=C32)cc1. The minimum absolute atomic E-state index is 0.0304. The minimum atomic E-state index is -1.07. The van der Waals surface area contributed by atoms with E-state index in [2.05, 4.69) is 50.1 Å². The van der Waals surface area contributed by atoms with E-state index in [-0.39, 0.29) is 29.4 Å². The van der Waals surface area contributed by atoms with Crippen molar-refractivity contribution >= 4 is 23.2 Å². The number of rotatable bonds is 5. The summed E-state index contributed by atoms with van der Waals surface area (Å²) in [4.78, 5) is 40.0. The number of nitrogens with zero attached hydrogens (tertiary/aromatic N) is 1. The molecule has 5 atom stereocenters. The van der Waals surface area contributed by atoms with Crippen LogP contribution in [0.1, 0.15) is 84.1 Å². The van der Waals surface area contributed by atoms with Crippen LogP contribution in [0.2, 0.25) is 0 Å². The smallest absolute Gasteiger partial charge is 0.303 e. The van der Waals surface area contributed by atoms with Crippen LogP contribution in [0.15, 0.2) is 47.1 Å². The van der Waals surface area contributed by atoms with E-state index in [4.69, 9.17) is 4.74 Å². The third kappa shape index (κ3) is 3.69. The fraction of sp³-hybridized carbons (Fsp3) is 0.581. The lowest BCUT2D eigenvalue weighted by Gasteiger charge is -2.55. The molecule has 0 saturated heterocycles. The number of anilines is 1. The molecule has 5 heteroatoms. The fourth-order valence-electron chi connectivity index (χ4n) is 8.15. The fourth-order valence-corrected chi connectivity index (χ4v) is 8.15. The van der Waals surface area contributed by atoms with Crippen LogP contribution in [-0.2, 0) is 19.1 Å². The molecule has 4 aliphatic rings. The van der Waals surface area contributed by atoms with Gasteiger partial charge >= 0.3 is 5.97 Å². The monoisotopic (exact) mass is 489 g/mol. The molecule has 1 aromatic rings. The van der Waals surface area contributed by atoms with E-state index in [0.29, 0.717) is 18.8 Å². The third-order valence-electron chi connectivity index (χ3n) is 9.95. The maximum Gasteiger partial charge on any atom is 0.303 e. The van der Waals surface area contributed by atoms with E-state index < -0.39 is 11.0 Å². The van der Waals surface area contributed by atoms with Crippen molar-refractivity contribution in [2.24, 2.45) is 17.3 Å². The molecule has 2 saturated carbocycles. The molecule has 0 amide bonds. The molecule has 1 unspecified atom stereocenters. The zero-order chi connectivity index (χ0) is 25.8. The van der Waals surface area contributed by atoms with Gasteiger partial charge in [0.25, 0.3) is 0 Å². The first-order valence-electron chi connectivity index (χ1n) is 13.6. The molecule has 36 heavy (non-hydrogen) atoms. The highest BCUT2D eigenvalue weighted by molar-refractivity contribution is 5.93. The maximum atomic E-state index is 13.2. The average Bonchev–Trinajstić information content (AvgIpc) is 3.15. The number of ketones is 2. The number of hydrogen-bond donors (Lipinski definition) is 0. The molecule has 0 radical (unpaired) electrons. The number of fused-ring (bicyclic) bond motifs is 4.